The molecule has 0 spiro atoms. The normalized spacial score (nSPS) is 19.2. The molecule has 4 rings (SSSR count). The Morgan fingerprint density at radius 2 is 1.96 bits per heavy atom. The number of carbonyl (C=O) groups excluding carboxylic acids is 1. The first kappa shape index (κ1) is 18.4. The average molecular weight is 376 g/mol. The Kier molecular flexibility index (Phi) is 5.01. The van der Waals surface area contributed by atoms with Crippen LogP contribution in [0.3, 0.4) is 0 Å². The maximum absolute atomic E-state index is 13.0. The fourth-order valence-electron chi connectivity index (χ4n) is 3.97. The molecular weight excluding hydrogens is 352 g/mol. The van der Waals surface area contributed by atoms with Gasteiger partial charge < -0.3 is 14.7 Å². The van der Waals surface area contributed by atoms with Crippen molar-refractivity contribution in [2.24, 2.45) is 5.92 Å². The molecule has 144 valence electrons. The van der Waals surface area contributed by atoms with Gasteiger partial charge in [0.25, 0.3) is 5.91 Å². The van der Waals surface area contributed by atoms with E-state index in [0.717, 1.165) is 22.2 Å². The largest absolute Gasteiger partial charge is 0.496 e. The van der Waals surface area contributed by atoms with Gasteiger partial charge in [-0.1, -0.05) is 36.4 Å². The van der Waals surface area contributed by atoms with Crippen LogP contribution in [0.5, 0.6) is 5.75 Å². The molecular formula is C23H24N2O3. The second-order valence-corrected chi connectivity index (χ2v) is 7.39. The molecule has 1 N–H and O–H groups in total. The quantitative estimate of drug-likeness (QED) is 0.759. The molecule has 2 aromatic carbocycles. The Labute approximate surface area is 164 Å². The highest BCUT2D eigenvalue weighted by atomic mass is 16.5. The number of rotatable bonds is 4. The van der Waals surface area contributed by atoms with Crippen LogP contribution in [0, 0.1) is 12.8 Å². The fraction of sp³-hybridized carbons (Fsp3) is 0.304. The van der Waals surface area contributed by atoms with E-state index in [9.17, 15) is 9.90 Å². The number of aromatic nitrogens is 1. The highest BCUT2D eigenvalue weighted by Gasteiger charge is 2.35. The number of amides is 1. The molecule has 1 amide bonds. The maximum Gasteiger partial charge on any atom is 0.257 e. The number of para-hydroxylation sites is 2. The third-order valence-corrected chi connectivity index (χ3v) is 5.47. The minimum atomic E-state index is -0.562. The van der Waals surface area contributed by atoms with E-state index in [2.05, 4.69) is 6.07 Å². The zero-order valence-electron chi connectivity index (χ0n) is 16.1. The van der Waals surface area contributed by atoms with Crippen LogP contribution in [-0.2, 0) is 6.42 Å². The summed E-state index contributed by atoms with van der Waals surface area (Å²) in [6.45, 7) is 2.75. The van der Waals surface area contributed by atoms with Crippen LogP contribution in [0.15, 0.2) is 54.6 Å². The number of ether oxygens (including phenoxy) is 1. The number of hydrogen-bond donors (Lipinski definition) is 1. The number of hydrogen-bond acceptors (Lipinski definition) is 4. The van der Waals surface area contributed by atoms with Gasteiger partial charge in [-0.05, 0) is 37.1 Å². The van der Waals surface area contributed by atoms with Gasteiger partial charge >= 0.3 is 0 Å². The number of aryl methyl sites for hydroxylation is 1. The number of pyridine rings is 1. The molecule has 0 saturated carbocycles. The molecule has 3 aromatic rings. The fourth-order valence-corrected chi connectivity index (χ4v) is 3.97. The molecule has 1 saturated heterocycles. The lowest BCUT2D eigenvalue weighted by Gasteiger charge is -2.18. The highest BCUT2D eigenvalue weighted by molar-refractivity contribution is 5.97. The Bertz CT molecular complexity index is 1020. The SMILES string of the molecule is COc1c(C)cccc1C(=O)N1C[C@@H](Cc2ccc3ccccc3n2)[C@H](O)C1. The van der Waals surface area contributed by atoms with Crippen molar-refractivity contribution in [1.82, 2.24) is 9.88 Å². The smallest absolute Gasteiger partial charge is 0.257 e. The minimum Gasteiger partial charge on any atom is -0.496 e. The average Bonchev–Trinajstić information content (AvgIpc) is 3.07. The topological polar surface area (TPSA) is 62.7 Å². The molecule has 2 atom stereocenters. The molecule has 0 aliphatic carbocycles. The molecule has 5 nitrogen and oxygen atoms in total. The Morgan fingerprint density at radius 3 is 2.79 bits per heavy atom. The standard InChI is InChI=1S/C23H24N2O3/c1-15-6-5-8-19(22(15)28-2)23(27)25-13-17(21(26)14-25)12-18-11-10-16-7-3-4-9-20(16)24-18/h3-11,17,21,26H,12-14H2,1-2H3/t17-,21-/m1/s1. The van der Waals surface area contributed by atoms with Gasteiger partial charge in [-0.15, -0.1) is 0 Å². The molecule has 1 aliphatic rings. The summed E-state index contributed by atoms with van der Waals surface area (Å²) in [6.07, 6.45) is 0.0776. The van der Waals surface area contributed by atoms with Crippen LogP contribution in [0.1, 0.15) is 21.6 Å². The number of aliphatic hydroxyl groups excluding tert-OH is 1. The molecule has 0 radical (unpaired) electrons. The third-order valence-electron chi connectivity index (χ3n) is 5.47. The summed E-state index contributed by atoms with van der Waals surface area (Å²) in [4.78, 5) is 19.4. The summed E-state index contributed by atoms with van der Waals surface area (Å²) in [6, 6.07) is 17.6. The van der Waals surface area contributed by atoms with Crippen molar-refractivity contribution in [2.75, 3.05) is 20.2 Å². The van der Waals surface area contributed by atoms with Gasteiger partial charge in [0, 0.05) is 30.1 Å². The van der Waals surface area contributed by atoms with Gasteiger partial charge in [-0.25, -0.2) is 0 Å². The predicted octanol–water partition coefficient (Wildman–Crippen LogP) is 3.23. The molecule has 0 unspecified atom stereocenters. The van der Waals surface area contributed by atoms with Crippen molar-refractivity contribution in [3.63, 3.8) is 0 Å². The first-order valence-electron chi connectivity index (χ1n) is 9.52. The lowest BCUT2D eigenvalue weighted by Crippen LogP contribution is -2.30. The van der Waals surface area contributed by atoms with Gasteiger partial charge in [-0.2, -0.15) is 0 Å². The van der Waals surface area contributed by atoms with E-state index in [4.69, 9.17) is 9.72 Å². The molecule has 2 heterocycles. The second kappa shape index (κ2) is 7.60. The number of nitrogens with zero attached hydrogens (tertiary/aromatic N) is 2. The van der Waals surface area contributed by atoms with Crippen LogP contribution in [-0.4, -0.2) is 47.2 Å². The lowest BCUT2D eigenvalue weighted by molar-refractivity contribution is 0.0761. The molecule has 1 fully saturated rings. The van der Waals surface area contributed by atoms with Gasteiger partial charge in [0.2, 0.25) is 0 Å². The number of fused-ring (bicyclic) bond motifs is 1. The Hall–Kier alpha value is -2.92. The van der Waals surface area contributed by atoms with Crippen LogP contribution in [0.25, 0.3) is 10.9 Å². The zero-order valence-corrected chi connectivity index (χ0v) is 16.1. The third kappa shape index (κ3) is 3.45. The number of carbonyl (C=O) groups is 1. The number of β-amino-alcohol motifs (C(OH)–C–C–N with tert-alkyl or cyclic N) is 1. The lowest BCUT2D eigenvalue weighted by atomic mass is 9.99. The van der Waals surface area contributed by atoms with E-state index in [0.29, 0.717) is 30.8 Å². The first-order chi connectivity index (χ1) is 13.6. The van der Waals surface area contributed by atoms with Crippen molar-refractivity contribution in [2.45, 2.75) is 19.4 Å². The van der Waals surface area contributed by atoms with Gasteiger partial charge in [-0.3, -0.25) is 9.78 Å². The predicted molar refractivity (Wildman–Crippen MR) is 109 cm³/mol. The summed E-state index contributed by atoms with van der Waals surface area (Å²) < 4.78 is 5.43. The summed E-state index contributed by atoms with van der Waals surface area (Å²) in [5, 5.41) is 11.7. The summed E-state index contributed by atoms with van der Waals surface area (Å²) in [5.74, 6) is 0.462. The molecule has 0 bridgehead atoms. The van der Waals surface area contributed by atoms with E-state index >= 15 is 0 Å². The van der Waals surface area contributed by atoms with Crippen molar-refractivity contribution in [1.29, 1.82) is 0 Å². The molecule has 1 aromatic heterocycles. The highest BCUT2D eigenvalue weighted by Crippen LogP contribution is 2.28. The van der Waals surface area contributed by atoms with E-state index < -0.39 is 6.10 Å². The minimum absolute atomic E-state index is 0.0339. The second-order valence-electron chi connectivity index (χ2n) is 7.39. The summed E-state index contributed by atoms with van der Waals surface area (Å²) in [5.41, 5.74) is 3.35. The van der Waals surface area contributed by atoms with E-state index in [1.807, 2.05) is 49.4 Å². The summed E-state index contributed by atoms with van der Waals surface area (Å²) >= 11 is 0. The van der Waals surface area contributed by atoms with Crippen molar-refractivity contribution < 1.29 is 14.6 Å². The number of aliphatic hydroxyl groups is 1. The van der Waals surface area contributed by atoms with Gasteiger partial charge in [0.15, 0.2) is 0 Å². The van der Waals surface area contributed by atoms with Crippen LogP contribution >= 0.6 is 0 Å². The van der Waals surface area contributed by atoms with Crippen LogP contribution < -0.4 is 4.74 Å². The number of likely N-dealkylation sites (tertiary alicyclic amines) is 1. The van der Waals surface area contributed by atoms with E-state index in [-0.39, 0.29) is 11.8 Å². The van der Waals surface area contributed by atoms with E-state index in [1.54, 1.807) is 18.1 Å². The van der Waals surface area contributed by atoms with Crippen molar-refractivity contribution in [3.8, 4) is 5.75 Å². The Morgan fingerprint density at radius 1 is 1.14 bits per heavy atom. The van der Waals surface area contributed by atoms with Crippen molar-refractivity contribution >= 4 is 16.8 Å². The zero-order chi connectivity index (χ0) is 19.7. The maximum atomic E-state index is 13.0. The number of methoxy groups -OCH3 is 1. The summed E-state index contributed by atoms with van der Waals surface area (Å²) in [7, 11) is 1.58. The molecule has 5 heteroatoms. The van der Waals surface area contributed by atoms with Crippen LogP contribution in [0.4, 0.5) is 0 Å². The van der Waals surface area contributed by atoms with E-state index in [1.165, 1.54) is 0 Å². The Balaban J connectivity index is 1.51. The van der Waals surface area contributed by atoms with Gasteiger partial charge in [0.1, 0.15) is 5.75 Å². The number of benzene rings is 2. The van der Waals surface area contributed by atoms with Crippen molar-refractivity contribution in [3.05, 3.63) is 71.4 Å². The van der Waals surface area contributed by atoms with Gasteiger partial charge in [0.05, 0.1) is 24.3 Å². The molecule has 1 aliphatic heterocycles. The van der Waals surface area contributed by atoms with Crippen LogP contribution in [0.2, 0.25) is 0 Å². The first-order valence-corrected chi connectivity index (χ1v) is 9.52. The monoisotopic (exact) mass is 376 g/mol. The molecule has 28 heavy (non-hydrogen) atoms.